The number of sulfonamides is 1. The summed E-state index contributed by atoms with van der Waals surface area (Å²) >= 11 is 11.8. The van der Waals surface area contributed by atoms with Gasteiger partial charge in [0.2, 0.25) is 10.0 Å². The summed E-state index contributed by atoms with van der Waals surface area (Å²) in [6.45, 7) is -0.798. The Labute approximate surface area is 177 Å². The lowest BCUT2D eigenvalue weighted by atomic mass is 10.2. The van der Waals surface area contributed by atoms with Crippen molar-refractivity contribution in [1.29, 1.82) is 0 Å². The molecule has 0 spiro atoms. The van der Waals surface area contributed by atoms with Gasteiger partial charge in [0.25, 0.3) is 0 Å². The van der Waals surface area contributed by atoms with Gasteiger partial charge in [-0.2, -0.15) is 8.78 Å². The summed E-state index contributed by atoms with van der Waals surface area (Å²) in [7, 11) is -3.62. The summed E-state index contributed by atoms with van der Waals surface area (Å²) < 4.78 is 51.4. The topological polar surface area (TPSA) is 106 Å². The van der Waals surface area contributed by atoms with Gasteiger partial charge in [0.1, 0.15) is 5.75 Å². The zero-order valence-corrected chi connectivity index (χ0v) is 18.3. The number of nitrogens with one attached hydrogen (secondary N) is 2. The van der Waals surface area contributed by atoms with Crippen LogP contribution in [0.25, 0.3) is 0 Å². The van der Waals surface area contributed by atoms with E-state index >= 15 is 0 Å². The third-order valence-corrected chi connectivity index (χ3v) is 4.00. The molecular formula is C13H19Cl2F2IN4O3S. The molecule has 0 unspecified atom stereocenters. The predicted molar refractivity (Wildman–Crippen MR) is 109 cm³/mol. The van der Waals surface area contributed by atoms with Gasteiger partial charge in [-0.25, -0.2) is 18.5 Å². The second-order valence-corrected chi connectivity index (χ2v) is 7.32. The summed E-state index contributed by atoms with van der Waals surface area (Å²) in [5, 5.41) is 10.7. The van der Waals surface area contributed by atoms with Crippen LogP contribution in [0.2, 0.25) is 10.0 Å². The fourth-order valence-electron chi connectivity index (χ4n) is 1.77. The molecule has 0 aromatic heterocycles. The Hall–Kier alpha value is -0.630. The van der Waals surface area contributed by atoms with Crippen molar-refractivity contribution in [3.05, 3.63) is 27.7 Å². The van der Waals surface area contributed by atoms with Crippen molar-refractivity contribution < 1.29 is 21.9 Å². The van der Waals surface area contributed by atoms with Crippen molar-refractivity contribution in [2.75, 3.05) is 18.8 Å². The molecule has 0 aliphatic carbocycles. The van der Waals surface area contributed by atoms with E-state index in [-0.39, 0.29) is 70.1 Å². The maximum absolute atomic E-state index is 12.5. The van der Waals surface area contributed by atoms with Crippen molar-refractivity contribution in [3.8, 4) is 5.75 Å². The van der Waals surface area contributed by atoms with Gasteiger partial charge in [0.05, 0.1) is 17.3 Å². The minimum Gasteiger partial charge on any atom is -0.433 e. The molecule has 26 heavy (non-hydrogen) atoms. The lowest BCUT2D eigenvalue weighted by molar-refractivity contribution is -0.0503. The van der Waals surface area contributed by atoms with Crippen LogP contribution >= 0.6 is 47.2 Å². The average Bonchev–Trinajstić information content (AvgIpc) is 2.46. The van der Waals surface area contributed by atoms with Gasteiger partial charge < -0.3 is 15.4 Å². The Bertz CT molecular complexity index is 724. The van der Waals surface area contributed by atoms with Crippen LogP contribution in [0.4, 0.5) is 8.78 Å². The van der Waals surface area contributed by atoms with Gasteiger partial charge in [0, 0.05) is 23.7 Å². The van der Waals surface area contributed by atoms with E-state index in [4.69, 9.17) is 28.3 Å². The summed E-state index contributed by atoms with van der Waals surface area (Å²) in [6.07, 6.45) is 0. The first-order valence-electron chi connectivity index (χ1n) is 7.07. The van der Waals surface area contributed by atoms with E-state index in [1.807, 2.05) is 0 Å². The molecule has 0 heterocycles. The molecule has 0 saturated heterocycles. The Balaban J connectivity index is 0.00000625. The second kappa shape index (κ2) is 12.0. The molecule has 150 valence electrons. The van der Waals surface area contributed by atoms with Crippen LogP contribution in [-0.4, -0.2) is 39.8 Å². The highest BCUT2D eigenvalue weighted by Crippen LogP contribution is 2.34. The highest BCUT2D eigenvalue weighted by molar-refractivity contribution is 14.0. The molecule has 0 atom stereocenters. The third kappa shape index (κ3) is 9.90. The van der Waals surface area contributed by atoms with Crippen LogP contribution in [0, 0.1) is 0 Å². The Morgan fingerprint density at radius 2 is 2.00 bits per heavy atom. The van der Waals surface area contributed by atoms with E-state index in [1.54, 1.807) is 6.92 Å². The lowest BCUT2D eigenvalue weighted by Crippen LogP contribution is -2.40. The molecule has 1 rings (SSSR count). The highest BCUT2D eigenvalue weighted by Gasteiger charge is 2.15. The van der Waals surface area contributed by atoms with Crippen molar-refractivity contribution in [1.82, 2.24) is 10.6 Å². The van der Waals surface area contributed by atoms with Crippen LogP contribution in [0.15, 0.2) is 17.1 Å². The van der Waals surface area contributed by atoms with Crippen molar-refractivity contribution in [3.63, 3.8) is 0 Å². The predicted octanol–water partition coefficient (Wildman–Crippen LogP) is 2.56. The van der Waals surface area contributed by atoms with Crippen LogP contribution in [0.3, 0.4) is 0 Å². The van der Waals surface area contributed by atoms with Gasteiger partial charge in [0.15, 0.2) is 5.96 Å². The number of nitrogens with zero attached hydrogens (tertiary/aromatic N) is 1. The molecule has 7 nitrogen and oxygen atoms in total. The van der Waals surface area contributed by atoms with Crippen molar-refractivity contribution in [2.24, 2.45) is 10.1 Å². The Morgan fingerprint density at radius 3 is 2.54 bits per heavy atom. The SMILES string of the molecule is CCNC(=NCc1cc(Cl)cc(Cl)c1OC(F)F)NCCS(N)(=O)=O.I. The fraction of sp³-hybridized carbons (Fsp3) is 0.462. The summed E-state index contributed by atoms with van der Waals surface area (Å²) in [5.41, 5.74) is 0.251. The van der Waals surface area contributed by atoms with Crippen molar-refractivity contribution in [2.45, 2.75) is 20.1 Å². The van der Waals surface area contributed by atoms with Gasteiger partial charge in [-0.1, -0.05) is 23.2 Å². The molecular weight excluding hydrogens is 528 g/mol. The standard InChI is InChI=1S/C13H18Cl2F2N4O3S.HI/c1-2-19-13(20-3-4-25(18,22)23)21-7-8-5-9(14)6-10(15)11(8)24-12(16)17;/h5-6,12H,2-4,7H2,1H3,(H2,18,22,23)(H2,19,20,21);1H. The van der Waals surface area contributed by atoms with Crippen molar-refractivity contribution >= 4 is 63.2 Å². The zero-order chi connectivity index (χ0) is 19.0. The monoisotopic (exact) mass is 546 g/mol. The third-order valence-electron chi connectivity index (χ3n) is 2.72. The number of alkyl halides is 2. The lowest BCUT2D eigenvalue weighted by Gasteiger charge is -2.14. The first kappa shape index (κ1) is 25.4. The van der Waals surface area contributed by atoms with Crippen LogP contribution in [0.1, 0.15) is 12.5 Å². The number of halogens is 5. The molecule has 1 aromatic carbocycles. The van der Waals surface area contributed by atoms with E-state index in [0.717, 1.165) is 0 Å². The van der Waals surface area contributed by atoms with E-state index in [0.29, 0.717) is 6.54 Å². The maximum Gasteiger partial charge on any atom is 0.387 e. The number of hydrogen-bond acceptors (Lipinski definition) is 4. The number of nitrogens with two attached hydrogens (primary N) is 1. The number of guanidine groups is 1. The van der Waals surface area contributed by atoms with Gasteiger partial charge in [-0.3, -0.25) is 0 Å². The summed E-state index contributed by atoms with van der Waals surface area (Å²) in [6, 6.07) is 2.69. The van der Waals surface area contributed by atoms with E-state index in [1.165, 1.54) is 12.1 Å². The average molecular weight is 547 g/mol. The van der Waals surface area contributed by atoms with Gasteiger partial charge in [-0.05, 0) is 19.1 Å². The second-order valence-electron chi connectivity index (χ2n) is 4.74. The van der Waals surface area contributed by atoms with Gasteiger partial charge >= 0.3 is 6.61 Å². The smallest absolute Gasteiger partial charge is 0.387 e. The number of benzene rings is 1. The molecule has 4 N–H and O–H groups in total. The molecule has 13 heteroatoms. The largest absolute Gasteiger partial charge is 0.433 e. The summed E-state index contributed by atoms with van der Waals surface area (Å²) in [4.78, 5) is 4.17. The molecule has 0 saturated carbocycles. The minimum atomic E-state index is -3.62. The Kier molecular flexibility index (Phi) is 11.7. The van der Waals surface area contributed by atoms with Crippen LogP contribution < -0.4 is 20.5 Å². The number of primary sulfonamides is 1. The van der Waals surface area contributed by atoms with Crippen LogP contribution in [0.5, 0.6) is 5.75 Å². The molecule has 0 aliphatic heterocycles. The maximum atomic E-state index is 12.5. The quantitative estimate of drug-likeness (QED) is 0.264. The minimum absolute atomic E-state index is 0. The highest BCUT2D eigenvalue weighted by atomic mass is 127. The molecule has 0 radical (unpaired) electrons. The first-order valence-corrected chi connectivity index (χ1v) is 9.55. The number of aliphatic imine (C=N–C) groups is 1. The molecule has 0 amide bonds. The van der Waals surface area contributed by atoms with E-state index in [2.05, 4.69) is 20.4 Å². The van der Waals surface area contributed by atoms with E-state index < -0.39 is 16.6 Å². The summed E-state index contributed by atoms with van der Waals surface area (Å²) in [5.74, 6) is -0.240. The normalized spacial score (nSPS) is 11.9. The number of rotatable bonds is 8. The zero-order valence-electron chi connectivity index (χ0n) is 13.6. The van der Waals surface area contributed by atoms with Crippen LogP contribution in [-0.2, 0) is 16.6 Å². The molecule has 1 aromatic rings. The first-order chi connectivity index (χ1) is 11.6. The number of hydrogen-bond donors (Lipinski definition) is 3. The molecule has 0 fully saturated rings. The molecule has 0 bridgehead atoms. The van der Waals surface area contributed by atoms with E-state index in [9.17, 15) is 17.2 Å². The van der Waals surface area contributed by atoms with Gasteiger partial charge in [-0.15, -0.1) is 24.0 Å². The fourth-order valence-corrected chi connectivity index (χ4v) is 2.74. The number of ether oxygens (including phenoxy) is 1. The Morgan fingerprint density at radius 1 is 1.35 bits per heavy atom. The molecule has 0 aliphatic rings.